The number of hydrogen-bond donors (Lipinski definition) is 1. The first kappa shape index (κ1) is 12.3. The average molecular weight is 266 g/mol. The van der Waals surface area contributed by atoms with Crippen molar-refractivity contribution in [2.45, 2.75) is 12.8 Å². The third kappa shape index (κ3) is 2.83. The molecule has 0 radical (unpaired) electrons. The summed E-state index contributed by atoms with van der Waals surface area (Å²) in [5.74, 6) is 0.716. The van der Waals surface area contributed by atoms with Crippen molar-refractivity contribution in [2.24, 2.45) is 5.10 Å². The Bertz CT molecular complexity index is 635. The Labute approximate surface area is 117 Å². The van der Waals surface area contributed by atoms with Crippen molar-refractivity contribution in [3.05, 3.63) is 60.6 Å². The van der Waals surface area contributed by atoms with E-state index in [2.05, 4.69) is 27.1 Å². The molecule has 0 fully saturated rings. The van der Waals surface area contributed by atoms with E-state index in [4.69, 9.17) is 4.74 Å². The van der Waals surface area contributed by atoms with E-state index in [1.165, 1.54) is 0 Å². The Balaban J connectivity index is 1.73. The molecular formula is C15H14N4O. The van der Waals surface area contributed by atoms with Gasteiger partial charge in [-0.3, -0.25) is 5.43 Å². The number of benzene rings is 1. The lowest BCUT2D eigenvalue weighted by Crippen LogP contribution is -2.17. The molecule has 0 spiro atoms. The highest BCUT2D eigenvalue weighted by Gasteiger charge is 2.11. The number of hydrogen-bond acceptors (Lipinski definition) is 5. The molecule has 5 heteroatoms. The number of rotatable bonds is 3. The Kier molecular flexibility index (Phi) is 3.41. The second kappa shape index (κ2) is 5.52. The van der Waals surface area contributed by atoms with Crippen LogP contribution in [-0.4, -0.2) is 15.7 Å². The van der Waals surface area contributed by atoms with Crippen molar-refractivity contribution in [1.82, 2.24) is 15.4 Å². The van der Waals surface area contributed by atoms with Gasteiger partial charge in [-0.25, -0.2) is 9.97 Å². The molecule has 3 rings (SSSR count). The molecule has 0 bridgehead atoms. The fourth-order valence-electron chi connectivity index (χ4n) is 1.85. The maximum Gasteiger partial charge on any atom is 0.321 e. The first-order chi connectivity index (χ1) is 9.81. The normalized spacial score (nSPS) is 14.4. The summed E-state index contributed by atoms with van der Waals surface area (Å²) >= 11 is 0. The molecule has 20 heavy (non-hydrogen) atoms. The molecule has 5 nitrogen and oxygen atoms in total. The molecule has 1 aromatic carbocycles. The van der Waals surface area contributed by atoms with Gasteiger partial charge in [-0.15, -0.1) is 0 Å². The summed E-state index contributed by atoms with van der Waals surface area (Å²) in [6.45, 7) is 3.83. The van der Waals surface area contributed by atoms with E-state index < -0.39 is 0 Å². The average Bonchev–Trinajstić information content (AvgIpc) is 2.50. The fraction of sp³-hybridized carbons (Fsp3) is 0.133. The number of allylic oxidation sites excluding steroid dienone is 1. The van der Waals surface area contributed by atoms with Crippen LogP contribution in [0.1, 0.15) is 18.4 Å². The van der Waals surface area contributed by atoms with Crippen LogP contribution in [0.5, 0.6) is 11.8 Å². The van der Waals surface area contributed by atoms with Crippen LogP contribution in [0.25, 0.3) is 0 Å². The lowest BCUT2D eigenvalue weighted by Gasteiger charge is -2.14. The lowest BCUT2D eigenvalue weighted by molar-refractivity contribution is 0.441. The van der Waals surface area contributed by atoms with E-state index in [0.29, 0.717) is 11.8 Å². The highest BCUT2D eigenvalue weighted by Crippen LogP contribution is 2.17. The Hall–Kier alpha value is -2.69. The van der Waals surface area contributed by atoms with E-state index in [1.54, 1.807) is 12.4 Å². The number of para-hydroxylation sites is 1. The third-order valence-electron chi connectivity index (χ3n) is 2.93. The van der Waals surface area contributed by atoms with Crippen LogP contribution in [0.15, 0.2) is 60.1 Å². The molecule has 1 aromatic heterocycles. The van der Waals surface area contributed by atoms with Gasteiger partial charge in [0, 0.05) is 23.7 Å². The molecule has 0 unspecified atom stereocenters. The predicted octanol–water partition coefficient (Wildman–Crippen LogP) is 2.87. The van der Waals surface area contributed by atoms with E-state index in [-0.39, 0.29) is 0 Å². The SMILES string of the molecule is C=C1CCC(c2cnc(Oc3ccccc3)nc2)=NN1. The van der Waals surface area contributed by atoms with Crippen molar-refractivity contribution < 1.29 is 4.74 Å². The summed E-state index contributed by atoms with van der Waals surface area (Å²) < 4.78 is 5.55. The van der Waals surface area contributed by atoms with Crippen molar-refractivity contribution in [3.8, 4) is 11.8 Å². The second-order valence-electron chi connectivity index (χ2n) is 4.44. The summed E-state index contributed by atoms with van der Waals surface area (Å²) in [5, 5.41) is 4.24. The molecule has 1 N–H and O–H groups in total. The zero-order valence-corrected chi connectivity index (χ0v) is 10.9. The van der Waals surface area contributed by atoms with Gasteiger partial charge in [-0.2, -0.15) is 5.10 Å². The van der Waals surface area contributed by atoms with Gasteiger partial charge < -0.3 is 4.74 Å². The highest BCUT2D eigenvalue weighted by molar-refractivity contribution is 6.00. The topological polar surface area (TPSA) is 59.4 Å². The van der Waals surface area contributed by atoms with E-state index >= 15 is 0 Å². The highest BCUT2D eigenvalue weighted by atomic mass is 16.5. The molecule has 0 atom stereocenters. The van der Waals surface area contributed by atoms with Gasteiger partial charge in [-0.1, -0.05) is 24.8 Å². The van der Waals surface area contributed by atoms with E-state index in [9.17, 15) is 0 Å². The Morgan fingerprint density at radius 2 is 1.80 bits per heavy atom. The second-order valence-corrected chi connectivity index (χ2v) is 4.44. The minimum absolute atomic E-state index is 0.328. The van der Waals surface area contributed by atoms with Gasteiger partial charge in [0.25, 0.3) is 0 Å². The summed E-state index contributed by atoms with van der Waals surface area (Å²) in [7, 11) is 0. The van der Waals surface area contributed by atoms with Crippen molar-refractivity contribution in [3.63, 3.8) is 0 Å². The van der Waals surface area contributed by atoms with Crippen LogP contribution >= 0.6 is 0 Å². The fourth-order valence-corrected chi connectivity index (χ4v) is 1.85. The molecule has 2 aromatic rings. The summed E-state index contributed by atoms with van der Waals surface area (Å²) in [6, 6.07) is 9.78. The number of aromatic nitrogens is 2. The maximum absolute atomic E-state index is 5.55. The zero-order chi connectivity index (χ0) is 13.8. The molecule has 0 aliphatic carbocycles. The van der Waals surface area contributed by atoms with Crippen LogP contribution < -0.4 is 10.2 Å². The zero-order valence-electron chi connectivity index (χ0n) is 10.9. The minimum atomic E-state index is 0.328. The molecule has 1 aliphatic rings. The summed E-state index contributed by atoms with van der Waals surface area (Å²) in [4.78, 5) is 8.41. The number of hydrazone groups is 1. The van der Waals surface area contributed by atoms with Crippen molar-refractivity contribution in [2.75, 3.05) is 0 Å². The van der Waals surface area contributed by atoms with E-state index in [0.717, 1.165) is 29.8 Å². The first-order valence-corrected chi connectivity index (χ1v) is 6.37. The van der Waals surface area contributed by atoms with Gasteiger partial charge >= 0.3 is 6.01 Å². The van der Waals surface area contributed by atoms with Gasteiger partial charge in [0.05, 0.1) is 5.71 Å². The van der Waals surface area contributed by atoms with Gasteiger partial charge in [0.15, 0.2) is 0 Å². The van der Waals surface area contributed by atoms with Crippen LogP contribution in [-0.2, 0) is 0 Å². The van der Waals surface area contributed by atoms with Gasteiger partial charge in [0.2, 0.25) is 0 Å². The predicted molar refractivity (Wildman–Crippen MR) is 76.6 cm³/mol. The largest absolute Gasteiger partial charge is 0.424 e. The molecule has 1 aliphatic heterocycles. The van der Waals surface area contributed by atoms with E-state index in [1.807, 2.05) is 30.3 Å². The van der Waals surface area contributed by atoms with Crippen LogP contribution in [0.4, 0.5) is 0 Å². The molecule has 100 valence electrons. The monoisotopic (exact) mass is 266 g/mol. The van der Waals surface area contributed by atoms with Gasteiger partial charge in [0.1, 0.15) is 5.75 Å². The third-order valence-corrected chi connectivity index (χ3v) is 2.93. The molecule has 0 saturated carbocycles. The summed E-state index contributed by atoms with van der Waals surface area (Å²) in [5.41, 5.74) is 5.65. The first-order valence-electron chi connectivity index (χ1n) is 6.37. The van der Waals surface area contributed by atoms with Crippen molar-refractivity contribution in [1.29, 1.82) is 0 Å². The molecular weight excluding hydrogens is 252 g/mol. The van der Waals surface area contributed by atoms with Crippen molar-refractivity contribution >= 4 is 5.71 Å². The number of ether oxygens (including phenoxy) is 1. The minimum Gasteiger partial charge on any atom is -0.424 e. The van der Waals surface area contributed by atoms with Crippen LogP contribution in [0.3, 0.4) is 0 Å². The number of nitrogens with one attached hydrogen (secondary N) is 1. The van der Waals surface area contributed by atoms with Crippen LogP contribution in [0.2, 0.25) is 0 Å². The maximum atomic E-state index is 5.55. The van der Waals surface area contributed by atoms with Gasteiger partial charge in [-0.05, 0) is 25.0 Å². The Morgan fingerprint density at radius 3 is 2.45 bits per heavy atom. The Morgan fingerprint density at radius 1 is 1.05 bits per heavy atom. The molecule has 2 heterocycles. The number of nitrogens with zero attached hydrogens (tertiary/aromatic N) is 3. The summed E-state index contributed by atoms with van der Waals surface area (Å²) in [6.07, 6.45) is 5.16. The molecule has 0 amide bonds. The lowest BCUT2D eigenvalue weighted by atomic mass is 10.1. The quantitative estimate of drug-likeness (QED) is 0.928. The smallest absolute Gasteiger partial charge is 0.321 e. The van der Waals surface area contributed by atoms with Crippen LogP contribution in [0, 0.1) is 0 Å². The standard InChI is InChI=1S/C15H14N4O/c1-11-7-8-14(19-18-11)12-9-16-15(17-10-12)20-13-5-3-2-4-6-13/h2-6,9-10,18H,1,7-8H2. The molecule has 0 saturated heterocycles.